The standard InChI is InChI=1S/C46H28O2/c1-3-12-29(13-4-1)40-28-47-42-27-39-43(26-38(40)42)48-41-21-11-20-33(46(39)41)30-22-24-32(25-23-30)45-36-18-9-7-16-34(36)44(31-14-5-2-6-15-31)35-17-8-10-19-37(35)45/h1-28H. The van der Waals surface area contributed by atoms with E-state index in [9.17, 15) is 0 Å². The Labute approximate surface area is 277 Å². The highest BCUT2D eigenvalue weighted by Crippen LogP contribution is 2.45. The minimum atomic E-state index is 0.854. The molecule has 2 nitrogen and oxygen atoms in total. The van der Waals surface area contributed by atoms with Gasteiger partial charge in [0.25, 0.3) is 0 Å². The summed E-state index contributed by atoms with van der Waals surface area (Å²) >= 11 is 0. The second-order valence-electron chi connectivity index (χ2n) is 12.4. The lowest BCUT2D eigenvalue weighted by molar-refractivity contribution is 0.617. The Morgan fingerprint density at radius 3 is 1.44 bits per heavy atom. The van der Waals surface area contributed by atoms with Gasteiger partial charge in [0.2, 0.25) is 0 Å². The van der Waals surface area contributed by atoms with Crippen molar-refractivity contribution in [2.45, 2.75) is 0 Å². The quantitative estimate of drug-likeness (QED) is 0.185. The number of fused-ring (bicyclic) bond motifs is 6. The average Bonchev–Trinajstić information content (AvgIpc) is 3.74. The van der Waals surface area contributed by atoms with Crippen LogP contribution in [0.15, 0.2) is 179 Å². The Morgan fingerprint density at radius 2 is 0.812 bits per heavy atom. The van der Waals surface area contributed by atoms with E-state index in [0.29, 0.717) is 0 Å². The van der Waals surface area contributed by atoms with Crippen LogP contribution in [0.3, 0.4) is 0 Å². The van der Waals surface area contributed by atoms with Gasteiger partial charge in [0, 0.05) is 21.7 Å². The Bertz CT molecular complexity index is 2750. The van der Waals surface area contributed by atoms with Crippen LogP contribution in [0.2, 0.25) is 0 Å². The maximum Gasteiger partial charge on any atom is 0.136 e. The molecule has 224 valence electrons. The third-order valence-corrected chi connectivity index (χ3v) is 9.75. The van der Waals surface area contributed by atoms with Crippen LogP contribution in [0.25, 0.3) is 99.0 Å². The lowest BCUT2D eigenvalue weighted by Gasteiger charge is -2.18. The van der Waals surface area contributed by atoms with Crippen LogP contribution in [-0.2, 0) is 0 Å². The molecular formula is C46H28O2. The second-order valence-corrected chi connectivity index (χ2v) is 12.4. The van der Waals surface area contributed by atoms with E-state index in [1.54, 1.807) is 0 Å². The van der Waals surface area contributed by atoms with E-state index in [0.717, 1.165) is 55.2 Å². The zero-order valence-electron chi connectivity index (χ0n) is 26.0. The molecule has 0 saturated heterocycles. The molecule has 0 spiro atoms. The number of furan rings is 2. The molecule has 0 unspecified atom stereocenters. The fourth-order valence-corrected chi connectivity index (χ4v) is 7.60. The molecule has 48 heavy (non-hydrogen) atoms. The van der Waals surface area contributed by atoms with Crippen molar-refractivity contribution in [3.63, 3.8) is 0 Å². The first kappa shape index (κ1) is 26.8. The normalized spacial score (nSPS) is 11.8. The van der Waals surface area contributed by atoms with Crippen molar-refractivity contribution in [3.8, 4) is 44.5 Å². The number of hydrogen-bond donors (Lipinski definition) is 0. The van der Waals surface area contributed by atoms with Crippen LogP contribution in [0.4, 0.5) is 0 Å². The highest BCUT2D eigenvalue weighted by atomic mass is 16.3. The number of rotatable bonds is 4. The molecule has 10 aromatic rings. The molecule has 2 heterocycles. The Balaban J connectivity index is 1.14. The van der Waals surface area contributed by atoms with Gasteiger partial charge in [-0.05, 0) is 78.7 Å². The first-order chi connectivity index (χ1) is 23.8. The van der Waals surface area contributed by atoms with Gasteiger partial charge >= 0.3 is 0 Å². The third kappa shape index (κ3) is 4.06. The molecule has 2 heteroatoms. The van der Waals surface area contributed by atoms with Gasteiger partial charge in [-0.25, -0.2) is 0 Å². The van der Waals surface area contributed by atoms with Crippen LogP contribution in [0.1, 0.15) is 0 Å². The van der Waals surface area contributed by atoms with Gasteiger partial charge in [-0.2, -0.15) is 0 Å². The SMILES string of the molecule is c1ccc(-c2coc3cc4c(cc23)oc2cccc(-c3ccc(-c5c6ccccc6c(-c6ccccc6)c6ccccc56)cc3)c24)cc1. The van der Waals surface area contributed by atoms with Crippen molar-refractivity contribution < 1.29 is 8.83 Å². The Kier molecular flexibility index (Phi) is 5.91. The molecule has 0 amide bonds. The minimum Gasteiger partial charge on any atom is -0.464 e. The summed E-state index contributed by atoms with van der Waals surface area (Å²) in [4.78, 5) is 0. The van der Waals surface area contributed by atoms with Gasteiger partial charge < -0.3 is 8.83 Å². The molecular weight excluding hydrogens is 585 g/mol. The Morgan fingerprint density at radius 1 is 0.312 bits per heavy atom. The fourth-order valence-electron chi connectivity index (χ4n) is 7.60. The first-order valence-corrected chi connectivity index (χ1v) is 16.3. The van der Waals surface area contributed by atoms with Crippen molar-refractivity contribution in [1.29, 1.82) is 0 Å². The average molecular weight is 613 g/mol. The second kappa shape index (κ2) is 10.6. The zero-order chi connectivity index (χ0) is 31.6. The molecule has 10 rings (SSSR count). The van der Waals surface area contributed by atoms with Crippen molar-refractivity contribution >= 4 is 54.5 Å². The van der Waals surface area contributed by atoms with Gasteiger partial charge in [-0.15, -0.1) is 0 Å². The van der Waals surface area contributed by atoms with Gasteiger partial charge in [-0.1, -0.05) is 146 Å². The molecule has 0 aliphatic carbocycles. The van der Waals surface area contributed by atoms with Gasteiger partial charge in [0.1, 0.15) is 16.7 Å². The van der Waals surface area contributed by atoms with E-state index >= 15 is 0 Å². The van der Waals surface area contributed by atoms with Gasteiger partial charge in [0.05, 0.1) is 6.26 Å². The summed E-state index contributed by atoms with van der Waals surface area (Å²) in [7, 11) is 0. The van der Waals surface area contributed by atoms with Crippen molar-refractivity contribution in [1.82, 2.24) is 0 Å². The summed E-state index contributed by atoms with van der Waals surface area (Å²) in [5, 5.41) is 8.23. The molecule has 0 aliphatic heterocycles. The number of hydrogen-bond acceptors (Lipinski definition) is 2. The molecule has 8 aromatic carbocycles. The van der Waals surface area contributed by atoms with Crippen LogP contribution >= 0.6 is 0 Å². The molecule has 0 saturated carbocycles. The zero-order valence-corrected chi connectivity index (χ0v) is 26.0. The summed E-state index contributed by atoms with van der Waals surface area (Å²) in [6.07, 6.45) is 1.85. The van der Waals surface area contributed by atoms with Crippen molar-refractivity contribution in [3.05, 3.63) is 170 Å². The lowest BCUT2D eigenvalue weighted by atomic mass is 9.85. The maximum absolute atomic E-state index is 6.48. The summed E-state index contributed by atoms with van der Waals surface area (Å²) < 4.78 is 12.6. The Hall–Kier alpha value is -6.38. The van der Waals surface area contributed by atoms with Crippen molar-refractivity contribution in [2.24, 2.45) is 0 Å². The number of benzene rings is 8. The largest absolute Gasteiger partial charge is 0.464 e. The van der Waals surface area contributed by atoms with E-state index in [1.807, 2.05) is 12.3 Å². The first-order valence-electron chi connectivity index (χ1n) is 16.3. The smallest absolute Gasteiger partial charge is 0.136 e. The highest BCUT2D eigenvalue weighted by Gasteiger charge is 2.19. The monoisotopic (exact) mass is 612 g/mol. The van der Waals surface area contributed by atoms with Gasteiger partial charge in [-0.3, -0.25) is 0 Å². The van der Waals surface area contributed by atoms with Crippen LogP contribution < -0.4 is 0 Å². The van der Waals surface area contributed by atoms with Gasteiger partial charge in [0.15, 0.2) is 0 Å². The summed E-state index contributed by atoms with van der Waals surface area (Å²) in [5.41, 5.74) is 12.0. The van der Waals surface area contributed by atoms with E-state index in [-0.39, 0.29) is 0 Å². The topological polar surface area (TPSA) is 26.3 Å². The molecule has 2 aromatic heterocycles. The highest BCUT2D eigenvalue weighted by molar-refractivity contribution is 6.21. The molecule has 0 aliphatic rings. The van der Waals surface area contributed by atoms with E-state index in [4.69, 9.17) is 8.83 Å². The van der Waals surface area contributed by atoms with E-state index < -0.39 is 0 Å². The predicted octanol–water partition coefficient (Wildman–Crippen LogP) is 13.3. The molecule has 0 fully saturated rings. The van der Waals surface area contributed by atoms with Crippen molar-refractivity contribution in [2.75, 3.05) is 0 Å². The molecule has 0 bridgehead atoms. The summed E-state index contributed by atoms with van der Waals surface area (Å²) in [6.45, 7) is 0. The van der Waals surface area contributed by atoms with Crippen LogP contribution in [0.5, 0.6) is 0 Å². The minimum absolute atomic E-state index is 0.854. The lowest BCUT2D eigenvalue weighted by Crippen LogP contribution is -1.90. The summed E-state index contributed by atoms with van der Waals surface area (Å²) in [6, 6.07) is 58.3. The predicted molar refractivity (Wildman–Crippen MR) is 200 cm³/mol. The fraction of sp³-hybridized carbons (Fsp3) is 0. The summed E-state index contributed by atoms with van der Waals surface area (Å²) in [5.74, 6) is 0. The molecule has 0 radical (unpaired) electrons. The maximum atomic E-state index is 6.48. The van der Waals surface area contributed by atoms with Crippen LogP contribution in [0, 0.1) is 0 Å². The molecule has 0 N–H and O–H groups in total. The van der Waals surface area contributed by atoms with Crippen LogP contribution in [-0.4, -0.2) is 0 Å². The third-order valence-electron chi connectivity index (χ3n) is 9.75. The van der Waals surface area contributed by atoms with E-state index in [1.165, 1.54) is 43.8 Å². The molecule has 0 atom stereocenters. The van der Waals surface area contributed by atoms with E-state index in [2.05, 4.69) is 158 Å².